The molecule has 0 radical (unpaired) electrons. The highest BCUT2D eigenvalue weighted by atomic mass is 32.2. The van der Waals surface area contributed by atoms with Gasteiger partial charge in [-0.25, -0.2) is 0 Å². The average molecular weight is 345 g/mol. The summed E-state index contributed by atoms with van der Waals surface area (Å²) in [6, 6.07) is 10.6. The second-order valence-electron chi connectivity index (χ2n) is 5.23. The molecule has 0 saturated heterocycles. The smallest absolute Gasteiger partial charge is 0.251 e. The molecule has 6 nitrogen and oxygen atoms in total. The first-order chi connectivity index (χ1) is 11.5. The molecule has 0 aliphatic heterocycles. The molecule has 1 aromatic heterocycles. The van der Waals surface area contributed by atoms with E-state index in [1.807, 2.05) is 32.0 Å². The van der Waals surface area contributed by atoms with Gasteiger partial charge in [0.1, 0.15) is 0 Å². The van der Waals surface area contributed by atoms with E-state index < -0.39 is 0 Å². The third kappa shape index (κ3) is 4.99. The minimum atomic E-state index is -0.306. The Balaban J connectivity index is 1.78. The van der Waals surface area contributed by atoms with Crippen molar-refractivity contribution in [2.75, 3.05) is 17.6 Å². The molecule has 0 saturated carbocycles. The Labute approximate surface area is 144 Å². The van der Waals surface area contributed by atoms with Crippen LogP contribution in [0.2, 0.25) is 0 Å². The van der Waals surface area contributed by atoms with E-state index in [1.54, 1.807) is 18.2 Å². The lowest BCUT2D eigenvalue weighted by Gasteiger charge is -2.10. The average Bonchev–Trinajstić information content (AvgIpc) is 2.56. The van der Waals surface area contributed by atoms with Crippen LogP contribution in [0.5, 0.6) is 0 Å². The molecule has 0 aliphatic carbocycles. The predicted octanol–water partition coefficient (Wildman–Crippen LogP) is 1.78. The summed E-state index contributed by atoms with van der Waals surface area (Å²) in [5.74, 6) is -0.524. The highest BCUT2D eigenvalue weighted by Gasteiger charge is 2.11. The molecule has 0 unspecified atom stereocenters. The van der Waals surface area contributed by atoms with Gasteiger partial charge in [-0.2, -0.15) is 4.73 Å². The number of nitrogens with one attached hydrogen (secondary N) is 2. The van der Waals surface area contributed by atoms with Crippen LogP contribution in [-0.4, -0.2) is 24.1 Å². The molecule has 0 bridgehead atoms. The summed E-state index contributed by atoms with van der Waals surface area (Å²) in [5.41, 5.74) is 2.82. The summed E-state index contributed by atoms with van der Waals surface area (Å²) in [6.45, 7) is 3.78. The molecule has 2 aromatic rings. The molecule has 2 amide bonds. The molecule has 1 heterocycles. The maximum absolute atomic E-state index is 11.9. The standard InChI is InChI=1S/C17H19N3O3S/c1-12-6-5-7-14(13(12)2)19-15(21)10-18-16(22)11-24-17-8-3-4-9-20(17)23/h3-9H,10-11H2,1-2H3,(H,18,22)(H,19,21). The number of hydrogen-bond acceptors (Lipinski definition) is 4. The van der Waals surface area contributed by atoms with Crippen LogP contribution in [0.25, 0.3) is 0 Å². The van der Waals surface area contributed by atoms with Gasteiger partial charge >= 0.3 is 0 Å². The zero-order valence-corrected chi connectivity index (χ0v) is 14.4. The van der Waals surface area contributed by atoms with Crippen molar-refractivity contribution in [3.05, 3.63) is 58.9 Å². The van der Waals surface area contributed by atoms with E-state index >= 15 is 0 Å². The summed E-state index contributed by atoms with van der Waals surface area (Å²) >= 11 is 1.12. The van der Waals surface area contributed by atoms with Gasteiger partial charge in [0.2, 0.25) is 11.8 Å². The molecule has 126 valence electrons. The number of nitrogens with zero attached hydrogens (tertiary/aromatic N) is 1. The molecule has 7 heteroatoms. The van der Waals surface area contributed by atoms with Crippen molar-refractivity contribution < 1.29 is 14.3 Å². The quantitative estimate of drug-likeness (QED) is 0.475. The Morgan fingerprint density at radius 1 is 1.12 bits per heavy atom. The van der Waals surface area contributed by atoms with Gasteiger partial charge in [0.15, 0.2) is 6.20 Å². The van der Waals surface area contributed by atoms with Gasteiger partial charge in [-0.05, 0) is 48.9 Å². The summed E-state index contributed by atoms with van der Waals surface area (Å²) in [7, 11) is 0. The number of hydrogen-bond donors (Lipinski definition) is 2. The lowest BCUT2D eigenvalue weighted by Crippen LogP contribution is -2.34. The van der Waals surface area contributed by atoms with Crippen molar-refractivity contribution >= 4 is 29.3 Å². The lowest BCUT2D eigenvalue weighted by molar-refractivity contribution is -0.645. The molecule has 2 N–H and O–H groups in total. The van der Waals surface area contributed by atoms with Crippen molar-refractivity contribution in [3.63, 3.8) is 0 Å². The fraction of sp³-hybridized carbons (Fsp3) is 0.235. The number of benzene rings is 1. The third-order valence-corrected chi connectivity index (χ3v) is 4.48. The maximum Gasteiger partial charge on any atom is 0.251 e. The summed E-state index contributed by atoms with van der Waals surface area (Å²) in [5, 5.41) is 17.2. The van der Waals surface area contributed by atoms with Crippen LogP contribution in [0.15, 0.2) is 47.6 Å². The molecular weight excluding hydrogens is 326 g/mol. The summed E-state index contributed by atoms with van der Waals surface area (Å²) < 4.78 is 0.700. The number of aryl methyl sites for hydroxylation is 1. The third-order valence-electron chi connectivity index (χ3n) is 3.46. The molecule has 24 heavy (non-hydrogen) atoms. The lowest BCUT2D eigenvalue weighted by atomic mass is 10.1. The molecule has 2 rings (SSSR count). The normalized spacial score (nSPS) is 10.2. The number of rotatable bonds is 6. The van der Waals surface area contributed by atoms with Gasteiger partial charge in [0, 0.05) is 17.8 Å². The van der Waals surface area contributed by atoms with Gasteiger partial charge in [0.05, 0.1) is 12.3 Å². The van der Waals surface area contributed by atoms with E-state index in [2.05, 4.69) is 10.6 Å². The summed E-state index contributed by atoms with van der Waals surface area (Å²) in [4.78, 5) is 23.7. The number of anilines is 1. The van der Waals surface area contributed by atoms with Crippen molar-refractivity contribution in [1.82, 2.24) is 5.32 Å². The van der Waals surface area contributed by atoms with Crippen LogP contribution >= 0.6 is 11.8 Å². The Hall–Kier alpha value is -2.54. The SMILES string of the molecule is Cc1cccc(NC(=O)CNC(=O)CSc2cccc[n+]2[O-])c1C. The van der Waals surface area contributed by atoms with Crippen molar-refractivity contribution in [3.8, 4) is 0 Å². The van der Waals surface area contributed by atoms with E-state index in [4.69, 9.17) is 0 Å². The fourth-order valence-electron chi connectivity index (χ4n) is 1.97. The molecule has 1 aromatic carbocycles. The van der Waals surface area contributed by atoms with E-state index in [0.717, 1.165) is 28.6 Å². The van der Waals surface area contributed by atoms with Crippen LogP contribution < -0.4 is 15.4 Å². The number of carbonyl (C=O) groups is 2. The fourth-order valence-corrected chi connectivity index (χ4v) is 2.72. The largest absolute Gasteiger partial charge is 0.618 e. The summed E-state index contributed by atoms with van der Waals surface area (Å²) in [6.07, 6.45) is 1.37. The number of pyridine rings is 1. The van der Waals surface area contributed by atoms with Crippen LogP contribution in [0.3, 0.4) is 0 Å². The van der Waals surface area contributed by atoms with Crippen LogP contribution in [0.4, 0.5) is 5.69 Å². The first-order valence-electron chi connectivity index (χ1n) is 7.41. The maximum atomic E-state index is 11.9. The first kappa shape index (κ1) is 17.8. The van der Waals surface area contributed by atoms with E-state index in [1.165, 1.54) is 6.20 Å². The monoisotopic (exact) mass is 345 g/mol. The molecule has 0 fully saturated rings. The Kier molecular flexibility index (Phi) is 6.20. The molecular formula is C17H19N3O3S. The number of carbonyl (C=O) groups excluding carboxylic acids is 2. The number of amides is 2. The molecule has 0 aliphatic rings. The van der Waals surface area contributed by atoms with E-state index in [0.29, 0.717) is 9.76 Å². The number of thioether (sulfide) groups is 1. The second-order valence-corrected chi connectivity index (χ2v) is 6.22. The Bertz CT molecular complexity index is 750. The zero-order chi connectivity index (χ0) is 17.5. The van der Waals surface area contributed by atoms with Gasteiger partial charge < -0.3 is 15.8 Å². The van der Waals surface area contributed by atoms with E-state index in [9.17, 15) is 14.8 Å². The van der Waals surface area contributed by atoms with Crippen molar-refractivity contribution in [2.45, 2.75) is 18.9 Å². The van der Waals surface area contributed by atoms with Gasteiger partial charge in [-0.1, -0.05) is 12.1 Å². The van der Waals surface area contributed by atoms with Crippen LogP contribution in [0, 0.1) is 19.1 Å². The Morgan fingerprint density at radius 2 is 1.92 bits per heavy atom. The first-order valence-corrected chi connectivity index (χ1v) is 8.39. The second kappa shape index (κ2) is 8.35. The zero-order valence-electron chi connectivity index (χ0n) is 13.5. The van der Waals surface area contributed by atoms with Crippen LogP contribution in [0.1, 0.15) is 11.1 Å². The highest BCUT2D eigenvalue weighted by Crippen LogP contribution is 2.17. The van der Waals surface area contributed by atoms with E-state index in [-0.39, 0.29) is 24.1 Å². The van der Waals surface area contributed by atoms with Gasteiger partial charge in [-0.15, -0.1) is 0 Å². The van der Waals surface area contributed by atoms with Crippen molar-refractivity contribution in [2.24, 2.45) is 0 Å². The van der Waals surface area contributed by atoms with Crippen molar-refractivity contribution in [1.29, 1.82) is 0 Å². The number of aromatic nitrogens is 1. The molecule has 0 spiro atoms. The topological polar surface area (TPSA) is 85.1 Å². The molecule has 0 atom stereocenters. The minimum Gasteiger partial charge on any atom is -0.618 e. The predicted molar refractivity (Wildman–Crippen MR) is 93.7 cm³/mol. The highest BCUT2D eigenvalue weighted by molar-refractivity contribution is 7.99. The van der Waals surface area contributed by atoms with Gasteiger partial charge in [0.25, 0.3) is 5.03 Å². The Morgan fingerprint density at radius 3 is 2.67 bits per heavy atom. The minimum absolute atomic E-state index is 0.0724. The van der Waals surface area contributed by atoms with Gasteiger partial charge in [-0.3, -0.25) is 9.59 Å². The van der Waals surface area contributed by atoms with Crippen LogP contribution in [-0.2, 0) is 9.59 Å².